The highest BCUT2D eigenvalue weighted by atomic mass is 32.2. The third-order valence-electron chi connectivity index (χ3n) is 3.26. The van der Waals surface area contributed by atoms with Gasteiger partial charge in [0.25, 0.3) is 10.0 Å². The molecule has 2 aromatic rings. The predicted molar refractivity (Wildman–Crippen MR) is 98.8 cm³/mol. The van der Waals surface area contributed by atoms with Crippen molar-refractivity contribution in [1.82, 2.24) is 10.0 Å². The number of carbonyl (C=O) groups is 1. The largest absolute Gasteiger partial charge is 0.336 e. The van der Waals surface area contributed by atoms with Gasteiger partial charge in [0.1, 0.15) is 0 Å². The van der Waals surface area contributed by atoms with E-state index in [9.17, 15) is 21.6 Å². The topological polar surface area (TPSA) is 121 Å². The first-order valence-electron chi connectivity index (χ1n) is 7.61. The molecular formula is C16H19N3O5S2. The zero-order chi connectivity index (χ0) is 19.2. The van der Waals surface area contributed by atoms with E-state index in [4.69, 9.17) is 0 Å². The minimum absolute atomic E-state index is 0.0587. The number of benzene rings is 2. The maximum Gasteiger partial charge on any atom is 0.328 e. The lowest BCUT2D eigenvalue weighted by Gasteiger charge is -2.10. The Morgan fingerprint density at radius 1 is 0.923 bits per heavy atom. The van der Waals surface area contributed by atoms with Crippen molar-refractivity contribution in [3.8, 4) is 0 Å². The Labute approximate surface area is 152 Å². The molecule has 0 atom stereocenters. The molecule has 26 heavy (non-hydrogen) atoms. The van der Waals surface area contributed by atoms with Crippen molar-refractivity contribution in [3.63, 3.8) is 0 Å². The quantitative estimate of drug-likeness (QED) is 0.652. The number of sulfonamides is 2. The maximum absolute atomic E-state index is 12.1. The van der Waals surface area contributed by atoms with Crippen LogP contribution in [0.1, 0.15) is 5.56 Å². The summed E-state index contributed by atoms with van der Waals surface area (Å²) in [5.41, 5.74) is 1.28. The van der Waals surface area contributed by atoms with Crippen LogP contribution in [0.3, 0.4) is 0 Å². The number of amides is 2. The molecule has 10 heteroatoms. The molecule has 0 aliphatic rings. The molecule has 2 amide bonds. The molecule has 0 spiro atoms. The minimum Gasteiger partial charge on any atom is -0.336 e. The number of aryl methyl sites for hydroxylation is 1. The van der Waals surface area contributed by atoms with E-state index in [1.54, 1.807) is 49.4 Å². The lowest BCUT2D eigenvalue weighted by Crippen LogP contribution is -2.41. The summed E-state index contributed by atoms with van der Waals surface area (Å²) in [5, 5.41) is 2.21. The fraction of sp³-hybridized carbons (Fsp3) is 0.188. The molecule has 0 heterocycles. The summed E-state index contributed by atoms with van der Waals surface area (Å²) in [5.74, 6) is -0.403. The Kier molecular flexibility index (Phi) is 6.22. The smallest absolute Gasteiger partial charge is 0.328 e. The average molecular weight is 397 g/mol. The van der Waals surface area contributed by atoms with E-state index >= 15 is 0 Å². The molecule has 2 aromatic carbocycles. The number of hydrogen-bond donors (Lipinski definition) is 3. The van der Waals surface area contributed by atoms with Crippen molar-refractivity contribution in [2.45, 2.75) is 11.8 Å². The zero-order valence-electron chi connectivity index (χ0n) is 14.0. The number of rotatable bonds is 7. The van der Waals surface area contributed by atoms with E-state index in [1.165, 1.54) is 12.1 Å². The van der Waals surface area contributed by atoms with Gasteiger partial charge in [0.05, 0.1) is 10.6 Å². The van der Waals surface area contributed by atoms with E-state index in [-0.39, 0.29) is 11.4 Å². The van der Waals surface area contributed by atoms with Gasteiger partial charge in [-0.1, -0.05) is 35.9 Å². The van der Waals surface area contributed by atoms with Crippen molar-refractivity contribution < 1.29 is 21.6 Å². The number of carbonyl (C=O) groups excluding carboxylic acids is 1. The first-order chi connectivity index (χ1) is 12.2. The molecule has 0 aliphatic carbocycles. The fourth-order valence-corrected chi connectivity index (χ4v) is 3.87. The van der Waals surface area contributed by atoms with Crippen LogP contribution in [-0.2, 0) is 20.0 Å². The molecule has 0 radical (unpaired) electrons. The van der Waals surface area contributed by atoms with Gasteiger partial charge in [0, 0.05) is 12.2 Å². The van der Waals surface area contributed by atoms with Gasteiger partial charge in [-0.15, -0.1) is 0 Å². The minimum atomic E-state index is -4.02. The molecule has 0 saturated carbocycles. The lowest BCUT2D eigenvalue weighted by atomic mass is 10.2. The van der Waals surface area contributed by atoms with Crippen LogP contribution in [0.15, 0.2) is 59.5 Å². The van der Waals surface area contributed by atoms with Gasteiger partial charge in [-0.05, 0) is 31.2 Å². The molecule has 0 aliphatic heterocycles. The summed E-state index contributed by atoms with van der Waals surface area (Å²) >= 11 is 0. The normalized spacial score (nSPS) is 11.6. The Balaban J connectivity index is 1.85. The van der Waals surface area contributed by atoms with Gasteiger partial charge in [0.15, 0.2) is 0 Å². The second-order valence-corrected chi connectivity index (χ2v) is 8.99. The van der Waals surface area contributed by atoms with Crippen molar-refractivity contribution in [2.75, 3.05) is 17.0 Å². The second kappa shape index (κ2) is 8.19. The van der Waals surface area contributed by atoms with Crippen LogP contribution in [0.25, 0.3) is 0 Å². The van der Waals surface area contributed by atoms with E-state index in [2.05, 4.69) is 10.0 Å². The van der Waals surface area contributed by atoms with Gasteiger partial charge >= 0.3 is 6.03 Å². The van der Waals surface area contributed by atoms with Crippen LogP contribution in [-0.4, -0.2) is 35.2 Å². The molecule has 2 rings (SSSR count). The Hall–Kier alpha value is -2.59. The van der Waals surface area contributed by atoms with Crippen LogP contribution in [0.2, 0.25) is 0 Å². The van der Waals surface area contributed by atoms with Gasteiger partial charge in [-0.25, -0.2) is 26.4 Å². The number of urea groups is 1. The molecule has 0 bridgehead atoms. The van der Waals surface area contributed by atoms with E-state index < -0.39 is 31.8 Å². The molecule has 0 aromatic heterocycles. The molecule has 0 fully saturated rings. The highest BCUT2D eigenvalue weighted by molar-refractivity contribution is 7.92. The van der Waals surface area contributed by atoms with Gasteiger partial charge in [-0.3, -0.25) is 4.72 Å². The third kappa shape index (κ3) is 6.05. The number of anilines is 1. The lowest BCUT2D eigenvalue weighted by molar-refractivity contribution is 0.246. The van der Waals surface area contributed by atoms with Gasteiger partial charge in [0.2, 0.25) is 10.0 Å². The Bertz CT molecular complexity index is 957. The summed E-state index contributed by atoms with van der Waals surface area (Å²) in [6.07, 6.45) is 0. The first kappa shape index (κ1) is 19.7. The summed E-state index contributed by atoms with van der Waals surface area (Å²) in [4.78, 5) is 11.7. The van der Waals surface area contributed by atoms with Crippen molar-refractivity contribution in [2.24, 2.45) is 0 Å². The Morgan fingerprint density at radius 3 is 2.15 bits per heavy atom. The van der Waals surface area contributed by atoms with Gasteiger partial charge < -0.3 is 5.32 Å². The molecule has 8 nitrogen and oxygen atoms in total. The zero-order valence-corrected chi connectivity index (χ0v) is 15.6. The fourth-order valence-electron chi connectivity index (χ4n) is 1.97. The SMILES string of the molecule is Cc1ccc(S(=O)(=O)NC(=O)NCCS(=O)(=O)Nc2ccccc2)cc1. The summed E-state index contributed by atoms with van der Waals surface area (Å²) in [7, 11) is -7.69. The number of hydrogen-bond acceptors (Lipinski definition) is 5. The Morgan fingerprint density at radius 2 is 1.54 bits per heavy atom. The van der Waals surface area contributed by atoms with Crippen molar-refractivity contribution in [3.05, 3.63) is 60.2 Å². The molecule has 140 valence electrons. The van der Waals surface area contributed by atoms with E-state index in [1.807, 2.05) is 4.72 Å². The van der Waals surface area contributed by atoms with Gasteiger partial charge in [-0.2, -0.15) is 0 Å². The average Bonchev–Trinajstić information content (AvgIpc) is 2.55. The van der Waals surface area contributed by atoms with Crippen molar-refractivity contribution >= 4 is 31.8 Å². The van der Waals surface area contributed by atoms with Crippen LogP contribution >= 0.6 is 0 Å². The highest BCUT2D eigenvalue weighted by Gasteiger charge is 2.18. The maximum atomic E-state index is 12.1. The summed E-state index contributed by atoms with van der Waals surface area (Å²) < 4.78 is 52.1. The summed E-state index contributed by atoms with van der Waals surface area (Å²) in [6, 6.07) is 13.2. The number of nitrogens with one attached hydrogen (secondary N) is 3. The van der Waals surface area contributed by atoms with E-state index in [0.717, 1.165) is 5.56 Å². The monoisotopic (exact) mass is 397 g/mol. The van der Waals surface area contributed by atoms with Crippen LogP contribution in [0, 0.1) is 6.92 Å². The second-order valence-electron chi connectivity index (χ2n) is 5.46. The van der Waals surface area contributed by atoms with Crippen LogP contribution < -0.4 is 14.8 Å². The van der Waals surface area contributed by atoms with Crippen LogP contribution in [0.5, 0.6) is 0 Å². The van der Waals surface area contributed by atoms with Crippen molar-refractivity contribution in [1.29, 1.82) is 0 Å². The van der Waals surface area contributed by atoms with Crippen LogP contribution in [0.4, 0.5) is 10.5 Å². The molecule has 3 N–H and O–H groups in total. The molecule has 0 saturated heterocycles. The summed E-state index contributed by atoms with van der Waals surface area (Å²) in [6.45, 7) is 1.55. The standard InChI is InChI=1S/C16H19N3O5S2/c1-13-7-9-15(10-8-13)26(23,24)19-16(20)17-11-12-25(21,22)18-14-5-3-2-4-6-14/h2-10,18H,11-12H2,1H3,(H2,17,19,20). The van der Waals surface area contributed by atoms with E-state index in [0.29, 0.717) is 5.69 Å². The predicted octanol–water partition coefficient (Wildman–Crippen LogP) is 1.42. The number of para-hydroxylation sites is 1. The molecule has 0 unspecified atom stereocenters. The third-order valence-corrected chi connectivity index (χ3v) is 5.90. The first-order valence-corrected chi connectivity index (χ1v) is 10.7. The molecular weight excluding hydrogens is 378 g/mol. The highest BCUT2D eigenvalue weighted by Crippen LogP contribution is 2.10.